The molecule has 1 aliphatic rings. The van der Waals surface area contributed by atoms with Crippen LogP contribution in [0.5, 0.6) is 0 Å². The number of anilines is 2. The van der Waals surface area contributed by atoms with E-state index in [1.807, 2.05) is 0 Å². The van der Waals surface area contributed by atoms with Crippen molar-refractivity contribution in [3.8, 4) is 0 Å². The number of carbonyl (C=O) groups is 2. The predicted octanol–water partition coefficient (Wildman–Crippen LogP) is 2.23. The number of hydrogen-bond acceptors (Lipinski definition) is 3. The Labute approximate surface area is 128 Å². The summed E-state index contributed by atoms with van der Waals surface area (Å²) in [7, 11) is 1.56. The van der Waals surface area contributed by atoms with Gasteiger partial charge in [0.1, 0.15) is 0 Å². The molecule has 0 unspecified atom stereocenters. The van der Waals surface area contributed by atoms with E-state index >= 15 is 0 Å². The Morgan fingerprint density at radius 3 is 2.95 bits per heavy atom. The summed E-state index contributed by atoms with van der Waals surface area (Å²) < 4.78 is 4.85. The molecule has 2 rings (SSSR count). The van der Waals surface area contributed by atoms with E-state index in [1.165, 1.54) is 0 Å². The summed E-state index contributed by atoms with van der Waals surface area (Å²) in [6.45, 7) is 1.54. The quantitative estimate of drug-likeness (QED) is 0.819. The maximum atomic E-state index is 11.7. The number of urea groups is 1. The van der Waals surface area contributed by atoms with Crippen LogP contribution in [0.15, 0.2) is 18.2 Å². The maximum absolute atomic E-state index is 11.7. The minimum atomic E-state index is -0.362. The lowest BCUT2D eigenvalue weighted by Crippen LogP contribution is -2.31. The lowest BCUT2D eigenvalue weighted by Gasteiger charge is -2.17. The molecule has 21 heavy (non-hydrogen) atoms. The SMILES string of the molecule is COCCNC(=O)Nc1cc(N2CCCC2=O)ccc1Cl. The highest BCUT2D eigenvalue weighted by molar-refractivity contribution is 6.33. The van der Waals surface area contributed by atoms with E-state index in [9.17, 15) is 9.59 Å². The van der Waals surface area contributed by atoms with Gasteiger partial charge in [0.25, 0.3) is 0 Å². The topological polar surface area (TPSA) is 70.7 Å². The van der Waals surface area contributed by atoms with Gasteiger partial charge >= 0.3 is 6.03 Å². The fraction of sp³-hybridized carbons (Fsp3) is 0.429. The van der Waals surface area contributed by atoms with Crippen molar-refractivity contribution in [1.82, 2.24) is 5.32 Å². The number of hydrogen-bond donors (Lipinski definition) is 2. The zero-order valence-electron chi connectivity index (χ0n) is 11.8. The molecule has 0 aliphatic carbocycles. The van der Waals surface area contributed by atoms with Gasteiger partial charge in [-0.1, -0.05) is 11.6 Å². The van der Waals surface area contributed by atoms with Crippen LogP contribution >= 0.6 is 11.6 Å². The van der Waals surface area contributed by atoms with E-state index < -0.39 is 0 Å². The van der Waals surface area contributed by atoms with Gasteiger partial charge in [0.05, 0.1) is 17.3 Å². The third-order valence-corrected chi connectivity index (χ3v) is 3.50. The van der Waals surface area contributed by atoms with Gasteiger partial charge in [0.15, 0.2) is 0 Å². The molecular formula is C14H18ClN3O3. The summed E-state index contributed by atoms with van der Waals surface area (Å²) >= 11 is 6.07. The molecule has 1 fully saturated rings. The van der Waals surface area contributed by atoms with Gasteiger partial charge in [-0.2, -0.15) is 0 Å². The number of carbonyl (C=O) groups excluding carboxylic acids is 2. The van der Waals surface area contributed by atoms with Crippen molar-refractivity contribution in [2.45, 2.75) is 12.8 Å². The Kier molecular flexibility index (Phi) is 5.41. The molecule has 2 N–H and O–H groups in total. The number of ether oxygens (including phenoxy) is 1. The highest BCUT2D eigenvalue weighted by Gasteiger charge is 2.22. The number of amides is 3. The van der Waals surface area contributed by atoms with Gasteiger partial charge in [-0.05, 0) is 24.6 Å². The summed E-state index contributed by atoms with van der Waals surface area (Å²) in [5.41, 5.74) is 1.22. The standard InChI is InChI=1S/C14H18ClN3O3/c1-21-8-6-16-14(20)17-12-9-10(4-5-11(12)15)18-7-2-3-13(18)19/h4-5,9H,2-3,6-8H2,1H3,(H2,16,17,20). The van der Waals surface area contributed by atoms with Gasteiger partial charge in [-0.3, -0.25) is 4.79 Å². The molecule has 0 atom stereocenters. The van der Waals surface area contributed by atoms with Crippen LogP contribution in [0.1, 0.15) is 12.8 Å². The van der Waals surface area contributed by atoms with E-state index in [-0.39, 0.29) is 11.9 Å². The van der Waals surface area contributed by atoms with Crippen molar-refractivity contribution < 1.29 is 14.3 Å². The lowest BCUT2D eigenvalue weighted by molar-refractivity contribution is -0.117. The molecule has 1 aliphatic heterocycles. The highest BCUT2D eigenvalue weighted by atomic mass is 35.5. The average Bonchev–Trinajstić information content (AvgIpc) is 2.88. The summed E-state index contributed by atoms with van der Waals surface area (Å²) in [6, 6.07) is 4.80. The van der Waals surface area contributed by atoms with E-state index in [0.717, 1.165) is 12.1 Å². The number of halogens is 1. The molecule has 114 valence electrons. The highest BCUT2D eigenvalue weighted by Crippen LogP contribution is 2.29. The second-order valence-electron chi connectivity index (χ2n) is 4.69. The van der Waals surface area contributed by atoms with Gasteiger partial charge in [0.2, 0.25) is 5.91 Å². The molecule has 0 radical (unpaired) electrons. The van der Waals surface area contributed by atoms with Crippen molar-refractivity contribution in [1.29, 1.82) is 0 Å². The van der Waals surface area contributed by atoms with Crippen molar-refractivity contribution in [3.63, 3.8) is 0 Å². The van der Waals surface area contributed by atoms with Gasteiger partial charge in [0, 0.05) is 32.3 Å². The summed E-state index contributed by atoms with van der Waals surface area (Å²) in [4.78, 5) is 25.2. The normalized spacial score (nSPS) is 14.4. The minimum Gasteiger partial charge on any atom is -0.383 e. The first-order valence-electron chi connectivity index (χ1n) is 6.75. The molecule has 0 bridgehead atoms. The van der Waals surface area contributed by atoms with Gasteiger partial charge in [-0.15, -0.1) is 0 Å². The third kappa shape index (κ3) is 4.09. The Hall–Kier alpha value is -1.79. The summed E-state index contributed by atoms with van der Waals surface area (Å²) in [6.07, 6.45) is 1.41. The number of rotatable bonds is 5. The van der Waals surface area contributed by atoms with Crippen molar-refractivity contribution in [2.75, 3.05) is 37.0 Å². The van der Waals surface area contributed by atoms with Crippen LogP contribution in [0.25, 0.3) is 0 Å². The first-order chi connectivity index (χ1) is 10.1. The zero-order chi connectivity index (χ0) is 15.2. The molecule has 0 aromatic heterocycles. The van der Waals surface area contributed by atoms with Gasteiger partial charge in [-0.25, -0.2) is 4.79 Å². The molecule has 0 saturated carbocycles. The third-order valence-electron chi connectivity index (χ3n) is 3.17. The second kappa shape index (κ2) is 7.28. The fourth-order valence-electron chi connectivity index (χ4n) is 2.13. The average molecular weight is 312 g/mol. The number of benzene rings is 1. The van der Waals surface area contributed by atoms with Gasteiger partial charge < -0.3 is 20.3 Å². The first kappa shape index (κ1) is 15.6. The number of nitrogens with one attached hydrogen (secondary N) is 2. The van der Waals surface area contributed by atoms with Crippen molar-refractivity contribution in [3.05, 3.63) is 23.2 Å². The van der Waals surface area contributed by atoms with E-state index in [0.29, 0.717) is 36.8 Å². The minimum absolute atomic E-state index is 0.0906. The largest absolute Gasteiger partial charge is 0.383 e. The van der Waals surface area contributed by atoms with Crippen LogP contribution in [0, 0.1) is 0 Å². The summed E-state index contributed by atoms with van der Waals surface area (Å²) in [5, 5.41) is 5.74. The molecule has 7 heteroatoms. The molecule has 6 nitrogen and oxygen atoms in total. The van der Waals surface area contributed by atoms with E-state index in [4.69, 9.17) is 16.3 Å². The van der Waals surface area contributed by atoms with E-state index in [1.54, 1.807) is 30.2 Å². The zero-order valence-corrected chi connectivity index (χ0v) is 12.6. The molecule has 1 aromatic carbocycles. The molecular weight excluding hydrogens is 294 g/mol. The van der Waals surface area contributed by atoms with Crippen LogP contribution < -0.4 is 15.5 Å². The van der Waals surface area contributed by atoms with Crippen LogP contribution in [0.3, 0.4) is 0 Å². The van der Waals surface area contributed by atoms with Crippen LogP contribution in [0.4, 0.5) is 16.2 Å². The Morgan fingerprint density at radius 1 is 1.48 bits per heavy atom. The lowest BCUT2D eigenvalue weighted by atomic mass is 10.2. The fourth-order valence-corrected chi connectivity index (χ4v) is 2.30. The monoisotopic (exact) mass is 311 g/mol. The van der Waals surface area contributed by atoms with Crippen molar-refractivity contribution in [2.24, 2.45) is 0 Å². The van der Waals surface area contributed by atoms with Crippen LogP contribution in [-0.4, -0.2) is 38.7 Å². The van der Waals surface area contributed by atoms with E-state index in [2.05, 4.69) is 10.6 Å². The molecule has 3 amide bonds. The molecule has 0 spiro atoms. The predicted molar refractivity (Wildman–Crippen MR) is 81.9 cm³/mol. The number of nitrogens with zero attached hydrogens (tertiary/aromatic N) is 1. The van der Waals surface area contributed by atoms with Crippen LogP contribution in [-0.2, 0) is 9.53 Å². The Balaban J connectivity index is 2.05. The Bertz CT molecular complexity index is 536. The smallest absolute Gasteiger partial charge is 0.319 e. The molecule has 1 aromatic rings. The number of methoxy groups -OCH3 is 1. The van der Waals surface area contributed by atoms with Crippen LogP contribution in [0.2, 0.25) is 5.02 Å². The molecule has 1 heterocycles. The summed E-state index contributed by atoms with van der Waals surface area (Å²) in [5.74, 6) is 0.0906. The van der Waals surface area contributed by atoms with Crippen molar-refractivity contribution >= 4 is 34.9 Å². The second-order valence-corrected chi connectivity index (χ2v) is 5.09. The maximum Gasteiger partial charge on any atom is 0.319 e. The first-order valence-corrected chi connectivity index (χ1v) is 7.13. The Morgan fingerprint density at radius 2 is 2.29 bits per heavy atom. The molecule has 1 saturated heterocycles.